The summed E-state index contributed by atoms with van der Waals surface area (Å²) >= 11 is 0. The van der Waals surface area contributed by atoms with Crippen LogP contribution in [0.25, 0.3) is 11.3 Å². The Bertz CT molecular complexity index is 595. The van der Waals surface area contributed by atoms with Crippen LogP contribution >= 0.6 is 0 Å². The molecule has 2 radical (unpaired) electrons. The van der Waals surface area contributed by atoms with Gasteiger partial charge in [0.25, 0.3) is 0 Å². The fraction of sp³-hybridized carbons (Fsp3) is 0.143. The van der Waals surface area contributed by atoms with E-state index < -0.39 is 23.5 Å². The Labute approximate surface area is 140 Å². The molecule has 1 heterocycles. The average molecular weight is 511 g/mol. The molecule has 0 bridgehead atoms. The summed E-state index contributed by atoms with van der Waals surface area (Å²) in [6, 6.07) is 6.83. The zero-order valence-corrected chi connectivity index (χ0v) is 13.5. The van der Waals surface area contributed by atoms with Crippen molar-refractivity contribution in [2.24, 2.45) is 0 Å². The molecule has 2 nitrogen and oxygen atoms in total. The van der Waals surface area contributed by atoms with Crippen molar-refractivity contribution in [3.8, 4) is 11.3 Å². The van der Waals surface area contributed by atoms with Crippen molar-refractivity contribution < 1.29 is 51.2 Å². The van der Waals surface area contributed by atoms with Crippen LogP contribution in [0, 0.1) is 6.07 Å². The molecule has 0 spiro atoms. The Hall–Kier alpha value is -1.73. The number of rotatable bonds is 1. The minimum absolute atomic E-state index is 0. The summed E-state index contributed by atoms with van der Waals surface area (Å²) in [5.41, 5.74) is -3.23. The first kappa shape index (κ1) is 21.3. The second kappa shape index (κ2) is 8.21. The van der Waals surface area contributed by atoms with Crippen LogP contribution in [0.15, 0.2) is 36.5 Å². The Morgan fingerprint density at radius 2 is 1.57 bits per heavy atom. The molecule has 0 saturated heterocycles. The molecule has 0 atom stereocenters. The van der Waals surface area contributed by atoms with Crippen LogP contribution < -0.4 is 0 Å². The van der Waals surface area contributed by atoms with Gasteiger partial charge in [-0.05, 0) is 22.9 Å². The maximum absolute atomic E-state index is 12.7. The number of hydrogen-bond acceptors (Lipinski definition) is 2. The quantitative estimate of drug-likeness (QED) is 0.430. The van der Waals surface area contributed by atoms with Crippen molar-refractivity contribution in [2.75, 3.05) is 0 Å². The molecule has 9 heteroatoms. The van der Waals surface area contributed by atoms with E-state index in [1.165, 1.54) is 24.4 Å². The summed E-state index contributed by atoms with van der Waals surface area (Å²) in [5.74, 6) is 0. The number of hydrogen-bond donors (Lipinski definition) is 0. The van der Waals surface area contributed by atoms with Crippen molar-refractivity contribution in [2.45, 2.75) is 12.4 Å². The molecule has 0 fully saturated rings. The van der Waals surface area contributed by atoms with Crippen molar-refractivity contribution in [1.29, 1.82) is 0 Å². The van der Waals surface area contributed by atoms with Crippen LogP contribution in [-0.2, 0) is 37.3 Å². The van der Waals surface area contributed by atoms with Crippen LogP contribution in [-0.4, -0.2) is 11.8 Å². The fourth-order valence-corrected chi connectivity index (χ4v) is 1.55. The van der Waals surface area contributed by atoms with Crippen molar-refractivity contribution in [3.05, 3.63) is 53.7 Å². The predicted molar refractivity (Wildman–Crippen MR) is 65.6 cm³/mol. The molecule has 0 unspecified atom stereocenters. The zero-order valence-electron chi connectivity index (χ0n) is 10.9. The van der Waals surface area contributed by atoms with Gasteiger partial charge in [0.05, 0.1) is 0 Å². The summed E-state index contributed by atoms with van der Waals surface area (Å²) in [6.07, 6.45) is -8.51. The van der Waals surface area contributed by atoms with Gasteiger partial charge in [-0.2, -0.15) is 26.3 Å². The number of pyridine rings is 1. The number of halogens is 6. The van der Waals surface area contributed by atoms with Crippen molar-refractivity contribution >= 4 is 6.79 Å². The summed E-state index contributed by atoms with van der Waals surface area (Å²) in [4.78, 5) is 11.2. The normalized spacial score (nSPS) is 11.0. The molecular weight excluding hydrogens is 504 g/mol. The summed E-state index contributed by atoms with van der Waals surface area (Å²) in [7, 11) is 0. The van der Waals surface area contributed by atoms with E-state index in [0.29, 0.717) is 6.07 Å². The molecule has 0 saturated carbocycles. The van der Waals surface area contributed by atoms with Crippen LogP contribution in [0.4, 0.5) is 26.3 Å². The van der Waals surface area contributed by atoms with E-state index in [1.54, 1.807) is 0 Å². The maximum atomic E-state index is 12.7. The van der Waals surface area contributed by atoms with Crippen molar-refractivity contribution in [1.82, 2.24) is 4.98 Å². The zero-order chi connectivity index (χ0) is 17.0. The first-order valence-electron chi connectivity index (χ1n) is 5.51. The summed E-state index contributed by atoms with van der Waals surface area (Å²) < 4.78 is 75.8. The topological polar surface area (TPSA) is 30.0 Å². The van der Waals surface area contributed by atoms with E-state index in [0.717, 1.165) is 0 Å². The van der Waals surface area contributed by atoms with Gasteiger partial charge < -0.3 is 16.6 Å². The van der Waals surface area contributed by atoms with E-state index in [9.17, 15) is 26.3 Å². The van der Waals surface area contributed by atoms with Gasteiger partial charge in [0.15, 0.2) is 0 Å². The molecule has 2 aromatic rings. The number of carbonyl (C=O) groups excluding carboxylic acids is 1. The molecule has 23 heavy (non-hydrogen) atoms. The molecule has 0 aliphatic carbocycles. The molecule has 125 valence electrons. The summed E-state index contributed by atoms with van der Waals surface area (Å²) in [5, 5.41) is 0. The predicted octanol–water partition coefficient (Wildman–Crippen LogP) is 3.92. The van der Waals surface area contributed by atoms with Gasteiger partial charge in [-0.25, -0.2) is 0 Å². The average Bonchev–Trinajstić information content (AvgIpc) is 2.48. The molecule has 0 aliphatic heterocycles. The standard InChI is InChI=1S/C13H6F6N.CO.Ir.H/c14-12(15,16)9-5-8(11-3-1-2-4-20-11)6-10(7-9)13(17,18)19;1-2;;/h1-5,7H;;;/q2*-1;+2;. The molecule has 1 aromatic heterocycles. The Morgan fingerprint density at radius 1 is 0.957 bits per heavy atom. The third kappa shape index (κ3) is 5.76. The first-order valence-corrected chi connectivity index (χ1v) is 5.51. The Morgan fingerprint density at radius 3 is 2.00 bits per heavy atom. The second-order valence-corrected chi connectivity index (χ2v) is 3.91. The fourth-order valence-electron chi connectivity index (χ4n) is 1.55. The van der Waals surface area contributed by atoms with Gasteiger partial charge >= 0.3 is 32.5 Å². The number of nitrogens with zero attached hydrogens (tertiary/aromatic N) is 1. The number of aromatic nitrogens is 1. The van der Waals surface area contributed by atoms with Crippen molar-refractivity contribution in [3.63, 3.8) is 0 Å². The van der Waals surface area contributed by atoms with Gasteiger partial charge in [0.2, 0.25) is 0 Å². The second-order valence-electron chi connectivity index (χ2n) is 3.91. The Kier molecular flexibility index (Phi) is 7.60. The van der Waals surface area contributed by atoms with Crippen LogP contribution in [0.5, 0.6) is 0 Å². The van der Waals surface area contributed by atoms with E-state index in [2.05, 4.69) is 11.8 Å². The molecule has 0 amide bonds. The molecule has 0 aliphatic rings. The molecule has 2 rings (SSSR count). The van der Waals surface area contributed by atoms with Gasteiger partial charge in [-0.1, -0.05) is 12.1 Å². The molecular formula is C14H7F6IrNO. The van der Waals surface area contributed by atoms with E-state index in [1.807, 2.05) is 6.07 Å². The minimum atomic E-state index is -4.91. The van der Waals surface area contributed by atoms with E-state index in [-0.39, 0.29) is 37.4 Å². The summed E-state index contributed by atoms with van der Waals surface area (Å²) in [6.45, 7) is 4.50. The van der Waals surface area contributed by atoms with E-state index in [4.69, 9.17) is 4.79 Å². The van der Waals surface area contributed by atoms with Gasteiger partial charge in [-0.15, -0.1) is 23.8 Å². The molecule has 0 N–H and O–H groups in total. The third-order valence-electron chi connectivity index (χ3n) is 2.44. The first-order chi connectivity index (χ1) is 10.2. The van der Waals surface area contributed by atoms with Gasteiger partial charge in [0.1, 0.15) is 0 Å². The molecule has 1 aromatic carbocycles. The third-order valence-corrected chi connectivity index (χ3v) is 2.44. The van der Waals surface area contributed by atoms with Crippen LogP contribution in [0.3, 0.4) is 0 Å². The number of benzene rings is 1. The monoisotopic (exact) mass is 512 g/mol. The van der Waals surface area contributed by atoms with Crippen LogP contribution in [0.1, 0.15) is 11.1 Å². The van der Waals surface area contributed by atoms with Crippen LogP contribution in [0.2, 0.25) is 0 Å². The number of alkyl halides is 6. The Balaban J connectivity index is 0.00000155. The van der Waals surface area contributed by atoms with Gasteiger partial charge in [-0.3, -0.25) is 0 Å². The van der Waals surface area contributed by atoms with Gasteiger partial charge in [0, 0.05) is 6.20 Å². The SMILES string of the molecule is FC(F)(F)c1[c-]c(-c2ccccn2)cc(C(F)(F)F)c1.[C-]=O.[IrH+2]. The van der Waals surface area contributed by atoms with E-state index >= 15 is 0 Å².